The van der Waals surface area contributed by atoms with Crippen molar-refractivity contribution in [3.63, 3.8) is 0 Å². The fourth-order valence-corrected chi connectivity index (χ4v) is 1.82. The van der Waals surface area contributed by atoms with E-state index < -0.39 is 35.7 Å². The van der Waals surface area contributed by atoms with Crippen LogP contribution in [-0.2, 0) is 4.79 Å². The summed E-state index contributed by atoms with van der Waals surface area (Å²) in [4.78, 5) is 28.2. The van der Waals surface area contributed by atoms with E-state index in [4.69, 9.17) is 9.57 Å². The van der Waals surface area contributed by atoms with E-state index in [-0.39, 0.29) is 0 Å². The maximum absolute atomic E-state index is 11.9. The SMILES string of the molecule is CC(C)(O)C(=O)c1ccc(OCC(=O)On2c(O)ccc2O)cc1. The van der Waals surface area contributed by atoms with Gasteiger partial charge >= 0.3 is 5.97 Å². The van der Waals surface area contributed by atoms with Crippen LogP contribution in [0.15, 0.2) is 36.4 Å². The minimum atomic E-state index is -1.48. The number of carbonyl (C=O) groups is 2. The Labute approximate surface area is 137 Å². The molecule has 0 spiro atoms. The molecule has 1 aromatic carbocycles. The van der Waals surface area contributed by atoms with Crippen LogP contribution < -0.4 is 9.57 Å². The number of aliphatic hydroxyl groups is 1. The Bertz CT molecular complexity index is 721. The molecule has 2 rings (SSSR count). The molecule has 1 aromatic heterocycles. The Hall–Kier alpha value is -3.00. The topological polar surface area (TPSA) is 118 Å². The van der Waals surface area contributed by atoms with Gasteiger partial charge in [0.15, 0.2) is 12.4 Å². The highest BCUT2D eigenvalue weighted by Gasteiger charge is 2.25. The Morgan fingerprint density at radius 3 is 2.08 bits per heavy atom. The molecule has 3 N–H and O–H groups in total. The second-order valence-corrected chi connectivity index (χ2v) is 5.51. The summed E-state index contributed by atoms with van der Waals surface area (Å²) in [6.45, 7) is 2.31. The molecule has 0 amide bonds. The number of aromatic hydroxyl groups is 2. The average molecular weight is 335 g/mol. The van der Waals surface area contributed by atoms with Crippen molar-refractivity contribution >= 4 is 11.8 Å². The lowest BCUT2D eigenvalue weighted by Gasteiger charge is -2.15. The standard InChI is InChI=1S/C16H17NO7/c1-16(2,22)15(21)10-3-5-11(6-4-10)23-9-14(20)24-17-12(18)7-8-13(17)19/h3-8,18-19,22H,9H2,1-2H3. The summed E-state index contributed by atoms with van der Waals surface area (Å²) in [5.74, 6) is -1.86. The van der Waals surface area contributed by atoms with Crippen molar-refractivity contribution < 1.29 is 34.5 Å². The van der Waals surface area contributed by atoms with Gasteiger partial charge in [0.1, 0.15) is 11.4 Å². The van der Waals surface area contributed by atoms with Crippen molar-refractivity contribution in [2.45, 2.75) is 19.4 Å². The van der Waals surface area contributed by atoms with Gasteiger partial charge < -0.3 is 24.9 Å². The maximum atomic E-state index is 11.9. The van der Waals surface area contributed by atoms with Gasteiger partial charge in [0.05, 0.1) is 0 Å². The number of hydrogen-bond acceptors (Lipinski definition) is 7. The van der Waals surface area contributed by atoms with E-state index >= 15 is 0 Å². The number of carbonyl (C=O) groups excluding carboxylic acids is 2. The summed E-state index contributed by atoms with van der Waals surface area (Å²) >= 11 is 0. The van der Waals surface area contributed by atoms with Crippen molar-refractivity contribution in [2.24, 2.45) is 0 Å². The van der Waals surface area contributed by atoms with Crippen molar-refractivity contribution in [2.75, 3.05) is 6.61 Å². The lowest BCUT2D eigenvalue weighted by Crippen LogP contribution is -2.31. The largest absolute Gasteiger partial charge is 0.492 e. The van der Waals surface area contributed by atoms with Gasteiger partial charge in [-0.3, -0.25) is 4.79 Å². The van der Waals surface area contributed by atoms with Gasteiger partial charge in [-0.2, -0.15) is 0 Å². The molecule has 0 aliphatic heterocycles. The van der Waals surface area contributed by atoms with Crippen LogP contribution in [0.4, 0.5) is 0 Å². The molecule has 0 saturated carbocycles. The molecular weight excluding hydrogens is 318 g/mol. The Morgan fingerprint density at radius 1 is 1.04 bits per heavy atom. The monoisotopic (exact) mass is 335 g/mol. The highest BCUT2D eigenvalue weighted by Crippen LogP contribution is 2.19. The first-order chi connectivity index (χ1) is 11.2. The molecule has 24 heavy (non-hydrogen) atoms. The number of Topliss-reactive ketones (excluding diaryl/α,β-unsaturated/α-hetero) is 1. The van der Waals surface area contributed by atoms with E-state index in [0.717, 1.165) is 12.1 Å². The third-order valence-electron chi connectivity index (χ3n) is 3.02. The third kappa shape index (κ3) is 4.05. The van der Waals surface area contributed by atoms with Gasteiger partial charge in [0.2, 0.25) is 11.8 Å². The fourth-order valence-electron chi connectivity index (χ4n) is 1.82. The number of ether oxygens (including phenoxy) is 1. The number of benzene rings is 1. The summed E-state index contributed by atoms with van der Waals surface area (Å²) in [6.07, 6.45) is 0. The molecule has 0 unspecified atom stereocenters. The highest BCUT2D eigenvalue weighted by atomic mass is 16.7. The third-order valence-corrected chi connectivity index (χ3v) is 3.02. The summed E-state index contributed by atoms with van der Waals surface area (Å²) in [5.41, 5.74) is -1.17. The zero-order valence-electron chi connectivity index (χ0n) is 13.1. The van der Waals surface area contributed by atoms with E-state index in [2.05, 4.69) is 0 Å². The van der Waals surface area contributed by atoms with Crippen LogP contribution in [-0.4, -0.2) is 44.0 Å². The first kappa shape index (κ1) is 17.4. The van der Waals surface area contributed by atoms with Gasteiger partial charge in [-0.15, -0.1) is 4.73 Å². The summed E-state index contributed by atoms with van der Waals surface area (Å²) in [7, 11) is 0. The number of nitrogens with zero attached hydrogens (tertiary/aromatic N) is 1. The molecule has 1 heterocycles. The van der Waals surface area contributed by atoms with Crippen molar-refractivity contribution in [3.8, 4) is 17.5 Å². The lowest BCUT2D eigenvalue weighted by atomic mass is 9.97. The predicted molar refractivity (Wildman–Crippen MR) is 81.9 cm³/mol. The van der Waals surface area contributed by atoms with Crippen LogP contribution in [0.1, 0.15) is 24.2 Å². The fraction of sp³-hybridized carbons (Fsp3) is 0.250. The molecule has 8 nitrogen and oxygen atoms in total. The van der Waals surface area contributed by atoms with Crippen molar-refractivity contribution in [3.05, 3.63) is 42.0 Å². The molecule has 0 atom stereocenters. The van der Waals surface area contributed by atoms with Gasteiger partial charge in [-0.05, 0) is 38.1 Å². The minimum Gasteiger partial charge on any atom is -0.492 e. The minimum absolute atomic E-state index is 0.305. The molecule has 128 valence electrons. The number of hydrogen-bond donors (Lipinski definition) is 3. The molecule has 0 aliphatic carbocycles. The van der Waals surface area contributed by atoms with E-state index in [0.29, 0.717) is 16.0 Å². The average Bonchev–Trinajstić information content (AvgIpc) is 2.84. The van der Waals surface area contributed by atoms with Crippen LogP contribution in [0, 0.1) is 0 Å². The molecule has 0 bridgehead atoms. The molecule has 2 aromatic rings. The highest BCUT2D eigenvalue weighted by molar-refractivity contribution is 6.01. The quantitative estimate of drug-likeness (QED) is 0.671. The van der Waals surface area contributed by atoms with E-state index in [1.165, 1.54) is 38.1 Å². The van der Waals surface area contributed by atoms with Crippen LogP contribution in [0.25, 0.3) is 0 Å². The van der Waals surface area contributed by atoms with Gasteiger partial charge in [0, 0.05) is 17.7 Å². The summed E-state index contributed by atoms with van der Waals surface area (Å²) in [5, 5.41) is 28.4. The predicted octanol–water partition coefficient (Wildman–Crippen LogP) is 0.887. The summed E-state index contributed by atoms with van der Waals surface area (Å²) in [6, 6.07) is 8.17. The number of aromatic nitrogens is 1. The van der Waals surface area contributed by atoms with Crippen molar-refractivity contribution in [1.82, 2.24) is 4.73 Å². The first-order valence-corrected chi connectivity index (χ1v) is 6.99. The van der Waals surface area contributed by atoms with Gasteiger partial charge in [0.25, 0.3) is 0 Å². The van der Waals surface area contributed by atoms with Crippen molar-refractivity contribution in [1.29, 1.82) is 0 Å². The van der Waals surface area contributed by atoms with Crippen LogP contribution >= 0.6 is 0 Å². The van der Waals surface area contributed by atoms with Crippen LogP contribution in [0.2, 0.25) is 0 Å². The van der Waals surface area contributed by atoms with E-state index in [1.807, 2.05) is 0 Å². The van der Waals surface area contributed by atoms with Gasteiger partial charge in [-0.1, -0.05) is 0 Å². The molecule has 0 saturated heterocycles. The second kappa shape index (κ2) is 6.63. The first-order valence-electron chi connectivity index (χ1n) is 6.99. The Kier molecular flexibility index (Phi) is 4.79. The van der Waals surface area contributed by atoms with Gasteiger partial charge in [-0.25, -0.2) is 4.79 Å². The van der Waals surface area contributed by atoms with Crippen LogP contribution in [0.3, 0.4) is 0 Å². The number of rotatable bonds is 6. The van der Waals surface area contributed by atoms with Crippen LogP contribution in [0.5, 0.6) is 17.5 Å². The Morgan fingerprint density at radius 2 is 1.58 bits per heavy atom. The zero-order chi connectivity index (χ0) is 17.9. The summed E-state index contributed by atoms with van der Waals surface area (Å²) < 4.78 is 5.74. The van der Waals surface area contributed by atoms with E-state index in [9.17, 15) is 24.9 Å². The molecule has 0 aliphatic rings. The molecular formula is C16H17NO7. The number of ketones is 1. The van der Waals surface area contributed by atoms with E-state index in [1.54, 1.807) is 0 Å². The Balaban J connectivity index is 1.93. The normalized spacial score (nSPS) is 11.1. The lowest BCUT2D eigenvalue weighted by molar-refractivity contribution is -0.147. The molecule has 0 radical (unpaired) electrons. The molecule has 8 heteroatoms. The second-order valence-electron chi connectivity index (χ2n) is 5.51. The molecule has 0 fully saturated rings. The maximum Gasteiger partial charge on any atom is 0.370 e. The zero-order valence-corrected chi connectivity index (χ0v) is 13.1. The smallest absolute Gasteiger partial charge is 0.370 e.